The number of rotatable bonds is 4. The highest BCUT2D eigenvalue weighted by molar-refractivity contribution is 5.15. The Labute approximate surface area is 96.2 Å². The first-order valence-electron chi connectivity index (χ1n) is 6.47. The molecule has 3 rings (SSSR count). The molecule has 16 heavy (non-hydrogen) atoms. The van der Waals surface area contributed by atoms with Crippen molar-refractivity contribution in [2.24, 2.45) is 0 Å². The minimum Gasteiger partial charge on any atom is -0.316 e. The van der Waals surface area contributed by atoms with E-state index < -0.39 is 0 Å². The molecule has 1 aromatic rings. The Morgan fingerprint density at radius 2 is 2.31 bits per heavy atom. The van der Waals surface area contributed by atoms with Crippen LogP contribution in [-0.2, 0) is 5.41 Å². The Balaban J connectivity index is 1.86. The summed E-state index contributed by atoms with van der Waals surface area (Å²) in [6.45, 7) is 4.39. The molecule has 1 aromatic heterocycles. The first-order chi connectivity index (χ1) is 7.84. The van der Waals surface area contributed by atoms with Crippen molar-refractivity contribution in [3.05, 3.63) is 11.6 Å². The summed E-state index contributed by atoms with van der Waals surface area (Å²) in [5.74, 6) is 2.85. The zero-order chi connectivity index (χ0) is 11.0. The fourth-order valence-corrected chi connectivity index (χ4v) is 2.79. The Morgan fingerprint density at radius 1 is 1.44 bits per heavy atom. The Kier molecular flexibility index (Phi) is 2.46. The van der Waals surface area contributed by atoms with Gasteiger partial charge in [0.15, 0.2) is 5.82 Å². The van der Waals surface area contributed by atoms with Gasteiger partial charge in [0, 0.05) is 17.9 Å². The molecule has 2 N–H and O–H groups in total. The van der Waals surface area contributed by atoms with Crippen LogP contribution in [0.1, 0.15) is 56.6 Å². The fourth-order valence-electron chi connectivity index (χ4n) is 2.79. The summed E-state index contributed by atoms with van der Waals surface area (Å²) in [6, 6.07) is 0. The van der Waals surface area contributed by atoms with E-state index >= 15 is 0 Å². The molecule has 0 aromatic carbocycles. The molecular weight excluding hydrogens is 200 g/mol. The lowest BCUT2D eigenvalue weighted by molar-refractivity contribution is 0.403. The summed E-state index contributed by atoms with van der Waals surface area (Å²) >= 11 is 0. The van der Waals surface area contributed by atoms with Gasteiger partial charge in [0.25, 0.3) is 0 Å². The van der Waals surface area contributed by atoms with Crippen LogP contribution in [0.5, 0.6) is 0 Å². The van der Waals surface area contributed by atoms with Crippen molar-refractivity contribution in [1.29, 1.82) is 0 Å². The van der Waals surface area contributed by atoms with Crippen molar-refractivity contribution >= 4 is 0 Å². The lowest BCUT2D eigenvalue weighted by Gasteiger charge is -2.23. The van der Waals surface area contributed by atoms with E-state index in [0.29, 0.717) is 5.92 Å². The van der Waals surface area contributed by atoms with E-state index in [1.54, 1.807) is 0 Å². The Morgan fingerprint density at radius 3 is 2.94 bits per heavy atom. The number of aromatic amines is 1. The third-order valence-electron chi connectivity index (χ3n) is 3.91. The number of aromatic nitrogens is 3. The smallest absolute Gasteiger partial charge is 0.158 e. The maximum atomic E-state index is 4.74. The van der Waals surface area contributed by atoms with Crippen molar-refractivity contribution in [3.8, 4) is 0 Å². The van der Waals surface area contributed by atoms with Crippen LogP contribution in [0.4, 0.5) is 0 Å². The van der Waals surface area contributed by atoms with Crippen LogP contribution in [0.25, 0.3) is 0 Å². The standard InChI is InChI=1S/C12H20N4/c1-2-5-12(6-7-13-8-12)11-14-10(15-16-11)9-3-4-9/h9,13H,2-8H2,1H3,(H,14,15,16). The number of hydrogen-bond acceptors (Lipinski definition) is 3. The molecule has 1 aliphatic heterocycles. The van der Waals surface area contributed by atoms with Gasteiger partial charge in [0.05, 0.1) is 0 Å². The zero-order valence-electron chi connectivity index (χ0n) is 9.92. The third kappa shape index (κ3) is 1.65. The van der Waals surface area contributed by atoms with E-state index in [9.17, 15) is 0 Å². The van der Waals surface area contributed by atoms with Crippen LogP contribution in [0, 0.1) is 0 Å². The van der Waals surface area contributed by atoms with Gasteiger partial charge in [-0.3, -0.25) is 5.10 Å². The Bertz CT molecular complexity index is 361. The molecule has 2 heterocycles. The molecule has 1 unspecified atom stereocenters. The van der Waals surface area contributed by atoms with Crippen molar-refractivity contribution in [2.45, 2.75) is 50.4 Å². The minimum atomic E-state index is 0.207. The largest absolute Gasteiger partial charge is 0.316 e. The van der Waals surface area contributed by atoms with Crippen LogP contribution < -0.4 is 5.32 Å². The fraction of sp³-hybridized carbons (Fsp3) is 0.833. The van der Waals surface area contributed by atoms with Gasteiger partial charge in [-0.1, -0.05) is 13.3 Å². The van der Waals surface area contributed by atoms with Crippen molar-refractivity contribution in [3.63, 3.8) is 0 Å². The summed E-state index contributed by atoms with van der Waals surface area (Å²) in [6.07, 6.45) is 6.15. The summed E-state index contributed by atoms with van der Waals surface area (Å²) in [4.78, 5) is 4.74. The van der Waals surface area contributed by atoms with Crippen LogP contribution in [0.2, 0.25) is 0 Å². The molecule has 88 valence electrons. The highest BCUT2D eigenvalue weighted by atomic mass is 15.2. The molecule has 0 radical (unpaired) electrons. The van der Waals surface area contributed by atoms with Gasteiger partial charge in [0.1, 0.15) is 5.82 Å². The van der Waals surface area contributed by atoms with E-state index in [1.807, 2.05) is 0 Å². The minimum absolute atomic E-state index is 0.207. The molecule has 0 spiro atoms. The maximum absolute atomic E-state index is 4.74. The van der Waals surface area contributed by atoms with Crippen LogP contribution >= 0.6 is 0 Å². The van der Waals surface area contributed by atoms with Gasteiger partial charge < -0.3 is 5.32 Å². The SMILES string of the molecule is CCCC1(c2n[nH]c(C3CC3)n2)CCNC1. The van der Waals surface area contributed by atoms with Crippen LogP contribution in [0.3, 0.4) is 0 Å². The molecule has 1 atom stereocenters. The topological polar surface area (TPSA) is 53.6 Å². The quantitative estimate of drug-likeness (QED) is 0.812. The number of hydrogen-bond donors (Lipinski definition) is 2. The maximum Gasteiger partial charge on any atom is 0.158 e. The van der Waals surface area contributed by atoms with E-state index in [2.05, 4.69) is 22.4 Å². The summed E-state index contributed by atoms with van der Waals surface area (Å²) < 4.78 is 0. The Hall–Kier alpha value is -0.900. The van der Waals surface area contributed by atoms with E-state index in [0.717, 1.165) is 24.7 Å². The van der Waals surface area contributed by atoms with Crippen molar-refractivity contribution in [1.82, 2.24) is 20.5 Å². The highest BCUT2D eigenvalue weighted by Gasteiger charge is 2.39. The average molecular weight is 220 g/mol. The number of nitrogens with one attached hydrogen (secondary N) is 2. The molecule has 4 heteroatoms. The predicted octanol–water partition coefficient (Wildman–Crippen LogP) is 1.71. The normalized spacial score (nSPS) is 29.8. The summed E-state index contributed by atoms with van der Waals surface area (Å²) in [5.41, 5.74) is 0.207. The van der Waals surface area contributed by atoms with Crippen LogP contribution in [0.15, 0.2) is 0 Å². The van der Waals surface area contributed by atoms with E-state index in [4.69, 9.17) is 4.98 Å². The van der Waals surface area contributed by atoms with Gasteiger partial charge >= 0.3 is 0 Å². The molecule has 1 aliphatic carbocycles. The predicted molar refractivity (Wildman–Crippen MR) is 62.4 cm³/mol. The highest BCUT2D eigenvalue weighted by Crippen LogP contribution is 2.39. The lowest BCUT2D eigenvalue weighted by Crippen LogP contribution is -2.30. The second-order valence-electron chi connectivity index (χ2n) is 5.28. The molecule has 2 aliphatic rings. The number of H-pyrrole nitrogens is 1. The number of nitrogens with zero attached hydrogens (tertiary/aromatic N) is 2. The van der Waals surface area contributed by atoms with Gasteiger partial charge in [-0.25, -0.2) is 4.98 Å². The summed E-state index contributed by atoms with van der Waals surface area (Å²) in [7, 11) is 0. The molecule has 4 nitrogen and oxygen atoms in total. The van der Waals surface area contributed by atoms with Crippen LogP contribution in [-0.4, -0.2) is 28.3 Å². The summed E-state index contributed by atoms with van der Waals surface area (Å²) in [5, 5.41) is 11.1. The first kappa shape index (κ1) is 10.3. The lowest BCUT2D eigenvalue weighted by atomic mass is 9.82. The van der Waals surface area contributed by atoms with Crippen molar-refractivity contribution in [2.75, 3.05) is 13.1 Å². The van der Waals surface area contributed by atoms with Gasteiger partial charge in [-0.05, 0) is 32.2 Å². The molecule has 1 saturated heterocycles. The second kappa shape index (κ2) is 3.84. The molecule has 2 fully saturated rings. The average Bonchev–Trinajstić information content (AvgIpc) is 2.83. The van der Waals surface area contributed by atoms with Gasteiger partial charge in [0.2, 0.25) is 0 Å². The molecule has 0 amide bonds. The first-order valence-corrected chi connectivity index (χ1v) is 6.47. The van der Waals surface area contributed by atoms with Gasteiger partial charge in [-0.15, -0.1) is 0 Å². The zero-order valence-corrected chi connectivity index (χ0v) is 9.92. The van der Waals surface area contributed by atoms with E-state index in [-0.39, 0.29) is 5.41 Å². The monoisotopic (exact) mass is 220 g/mol. The second-order valence-corrected chi connectivity index (χ2v) is 5.28. The van der Waals surface area contributed by atoms with E-state index in [1.165, 1.54) is 32.1 Å². The molecular formula is C12H20N4. The van der Waals surface area contributed by atoms with Gasteiger partial charge in [-0.2, -0.15) is 5.10 Å². The molecule has 0 bridgehead atoms. The third-order valence-corrected chi connectivity index (χ3v) is 3.91. The van der Waals surface area contributed by atoms with Crippen molar-refractivity contribution < 1.29 is 0 Å². The molecule has 1 saturated carbocycles.